The van der Waals surface area contributed by atoms with Gasteiger partial charge in [0, 0.05) is 38.3 Å². The summed E-state index contributed by atoms with van der Waals surface area (Å²) in [4.78, 5) is 22.4. The van der Waals surface area contributed by atoms with Crippen LogP contribution in [-0.2, 0) is 14.8 Å². The molecule has 26 heavy (non-hydrogen) atoms. The third-order valence-electron chi connectivity index (χ3n) is 4.29. The van der Waals surface area contributed by atoms with Gasteiger partial charge in [-0.15, -0.1) is 0 Å². The van der Waals surface area contributed by atoms with Crippen LogP contribution >= 0.6 is 0 Å². The molecule has 2 rings (SSSR count). The van der Waals surface area contributed by atoms with Crippen molar-refractivity contribution in [2.45, 2.75) is 24.7 Å². The summed E-state index contributed by atoms with van der Waals surface area (Å²) in [6, 6.07) is 4.80. The van der Waals surface area contributed by atoms with Crippen LogP contribution in [0, 0.1) is 16.0 Å². The number of likely N-dealkylation sites (N-methyl/N-ethyl adjacent to an activating group) is 1. The fourth-order valence-electron chi connectivity index (χ4n) is 2.86. The van der Waals surface area contributed by atoms with Crippen LogP contribution in [0.15, 0.2) is 29.2 Å². The van der Waals surface area contributed by atoms with Crippen LogP contribution in [0.3, 0.4) is 0 Å². The van der Waals surface area contributed by atoms with Crippen LogP contribution in [0.25, 0.3) is 0 Å². The Balaban J connectivity index is 2.02. The van der Waals surface area contributed by atoms with Gasteiger partial charge < -0.3 is 10.6 Å². The first-order valence-corrected chi connectivity index (χ1v) is 10.0. The number of hydrogen-bond acceptors (Lipinski definition) is 6. The summed E-state index contributed by atoms with van der Waals surface area (Å²) < 4.78 is 26.8. The quantitative estimate of drug-likeness (QED) is 0.387. The lowest BCUT2D eigenvalue weighted by molar-refractivity contribution is -0.384. The van der Waals surface area contributed by atoms with E-state index in [0.717, 1.165) is 6.54 Å². The summed E-state index contributed by atoms with van der Waals surface area (Å²) in [6.07, 6.45) is 1.23. The van der Waals surface area contributed by atoms with Gasteiger partial charge in [-0.05, 0) is 31.5 Å². The lowest BCUT2D eigenvalue weighted by Crippen LogP contribution is -2.46. The number of rotatable bonds is 8. The van der Waals surface area contributed by atoms with E-state index in [1.165, 1.54) is 28.6 Å². The van der Waals surface area contributed by atoms with Crippen molar-refractivity contribution in [3.05, 3.63) is 34.4 Å². The van der Waals surface area contributed by atoms with Gasteiger partial charge >= 0.3 is 0 Å². The fourth-order valence-corrected chi connectivity index (χ4v) is 4.38. The number of non-ortho nitro benzene ring substituents is 1. The van der Waals surface area contributed by atoms with E-state index in [-0.39, 0.29) is 23.0 Å². The number of carbonyl (C=O) groups is 1. The maximum absolute atomic E-state index is 12.8. The standard InChI is InChI=1S/C16H24N4O5S/c1-2-17-9-10-18-16(21)13-4-3-11-19(12-13)26(24,25)15-7-5-14(6-8-15)20(22)23/h5-8,13,17H,2-4,9-12H2,1H3,(H,18,21). The minimum atomic E-state index is -3.78. The molecule has 1 amide bonds. The molecular weight excluding hydrogens is 360 g/mol. The number of sulfonamides is 1. The Morgan fingerprint density at radius 3 is 2.62 bits per heavy atom. The second-order valence-corrected chi connectivity index (χ2v) is 8.04. The fraction of sp³-hybridized carbons (Fsp3) is 0.562. The Morgan fingerprint density at radius 1 is 1.31 bits per heavy atom. The maximum Gasteiger partial charge on any atom is 0.269 e. The van der Waals surface area contributed by atoms with Gasteiger partial charge in [-0.2, -0.15) is 4.31 Å². The SMILES string of the molecule is CCNCCNC(=O)C1CCCN(S(=O)(=O)c2ccc([N+](=O)[O-])cc2)C1. The zero-order valence-electron chi connectivity index (χ0n) is 14.7. The third-order valence-corrected chi connectivity index (χ3v) is 6.17. The van der Waals surface area contributed by atoms with Crippen molar-refractivity contribution in [3.8, 4) is 0 Å². The van der Waals surface area contributed by atoms with Gasteiger partial charge in [-0.25, -0.2) is 8.42 Å². The van der Waals surface area contributed by atoms with Crippen molar-refractivity contribution >= 4 is 21.6 Å². The van der Waals surface area contributed by atoms with E-state index < -0.39 is 20.9 Å². The molecule has 1 saturated heterocycles. The van der Waals surface area contributed by atoms with Gasteiger partial charge in [0.15, 0.2) is 0 Å². The molecule has 0 bridgehead atoms. The van der Waals surface area contributed by atoms with Gasteiger partial charge in [-0.3, -0.25) is 14.9 Å². The molecule has 0 aromatic heterocycles. The first-order chi connectivity index (χ1) is 12.4. The third kappa shape index (κ3) is 4.99. The average Bonchev–Trinajstić information content (AvgIpc) is 2.65. The molecule has 1 fully saturated rings. The first kappa shape index (κ1) is 20.3. The van der Waals surface area contributed by atoms with Gasteiger partial charge in [0.05, 0.1) is 15.7 Å². The molecule has 1 aliphatic rings. The van der Waals surface area contributed by atoms with Gasteiger partial charge in [0.2, 0.25) is 15.9 Å². The molecule has 0 radical (unpaired) electrons. The molecule has 0 saturated carbocycles. The Kier molecular flexibility index (Phi) is 7.06. The molecule has 1 aromatic carbocycles. The Bertz CT molecular complexity index is 736. The Labute approximate surface area is 153 Å². The molecule has 10 heteroatoms. The second kappa shape index (κ2) is 9.06. The normalized spacial score (nSPS) is 18.4. The van der Waals surface area contributed by atoms with Crippen LogP contribution < -0.4 is 10.6 Å². The summed E-state index contributed by atoms with van der Waals surface area (Å²) in [5.74, 6) is -0.537. The zero-order valence-corrected chi connectivity index (χ0v) is 15.5. The van der Waals surface area contributed by atoms with Crippen LogP contribution in [0.2, 0.25) is 0 Å². The van der Waals surface area contributed by atoms with Gasteiger partial charge in [0.1, 0.15) is 0 Å². The highest BCUT2D eigenvalue weighted by molar-refractivity contribution is 7.89. The number of nitro groups is 1. The summed E-state index contributed by atoms with van der Waals surface area (Å²) >= 11 is 0. The van der Waals surface area contributed by atoms with Crippen molar-refractivity contribution in [3.63, 3.8) is 0 Å². The molecule has 0 aliphatic carbocycles. The van der Waals surface area contributed by atoms with Gasteiger partial charge in [0.25, 0.3) is 5.69 Å². The van der Waals surface area contributed by atoms with E-state index in [1.54, 1.807) is 0 Å². The molecule has 1 aromatic rings. The Hall–Kier alpha value is -2.04. The number of nitro benzene ring substituents is 1. The Morgan fingerprint density at radius 2 is 2.00 bits per heavy atom. The summed E-state index contributed by atoms with van der Waals surface area (Å²) in [7, 11) is -3.78. The summed E-state index contributed by atoms with van der Waals surface area (Å²) in [5.41, 5.74) is -0.166. The highest BCUT2D eigenvalue weighted by atomic mass is 32.2. The number of hydrogen-bond donors (Lipinski definition) is 2. The van der Waals surface area contributed by atoms with E-state index in [1.807, 2.05) is 6.92 Å². The topological polar surface area (TPSA) is 122 Å². The molecular formula is C16H24N4O5S. The molecule has 1 unspecified atom stereocenters. The van der Waals surface area contributed by atoms with E-state index in [4.69, 9.17) is 0 Å². The summed E-state index contributed by atoms with van der Waals surface area (Å²) in [6.45, 7) is 4.41. The molecule has 9 nitrogen and oxygen atoms in total. The monoisotopic (exact) mass is 384 g/mol. The van der Waals surface area contributed by atoms with E-state index in [0.29, 0.717) is 32.5 Å². The van der Waals surface area contributed by atoms with Crippen molar-refractivity contribution in [1.82, 2.24) is 14.9 Å². The maximum atomic E-state index is 12.8. The molecule has 0 spiro atoms. The molecule has 144 valence electrons. The number of amides is 1. The van der Waals surface area contributed by atoms with E-state index in [2.05, 4.69) is 10.6 Å². The lowest BCUT2D eigenvalue weighted by Gasteiger charge is -2.31. The van der Waals surface area contributed by atoms with Crippen LogP contribution in [0.5, 0.6) is 0 Å². The van der Waals surface area contributed by atoms with E-state index >= 15 is 0 Å². The summed E-state index contributed by atoms with van der Waals surface area (Å²) in [5, 5.41) is 16.6. The zero-order chi connectivity index (χ0) is 19.2. The van der Waals surface area contributed by atoms with Crippen molar-refractivity contribution in [1.29, 1.82) is 0 Å². The van der Waals surface area contributed by atoms with E-state index in [9.17, 15) is 23.3 Å². The highest BCUT2D eigenvalue weighted by Crippen LogP contribution is 2.25. The van der Waals surface area contributed by atoms with Crippen LogP contribution in [0.1, 0.15) is 19.8 Å². The largest absolute Gasteiger partial charge is 0.355 e. The lowest BCUT2D eigenvalue weighted by atomic mass is 9.99. The average molecular weight is 384 g/mol. The molecule has 1 atom stereocenters. The number of carbonyl (C=O) groups excluding carboxylic acids is 1. The molecule has 1 aliphatic heterocycles. The van der Waals surface area contributed by atoms with Crippen molar-refractivity contribution < 1.29 is 18.1 Å². The molecule has 2 N–H and O–H groups in total. The predicted molar refractivity (Wildman–Crippen MR) is 96.1 cm³/mol. The van der Waals surface area contributed by atoms with Gasteiger partial charge in [-0.1, -0.05) is 6.92 Å². The van der Waals surface area contributed by atoms with Crippen LogP contribution in [-0.4, -0.2) is 56.3 Å². The highest BCUT2D eigenvalue weighted by Gasteiger charge is 2.33. The van der Waals surface area contributed by atoms with Crippen molar-refractivity contribution in [2.24, 2.45) is 5.92 Å². The first-order valence-electron chi connectivity index (χ1n) is 8.59. The number of piperidine rings is 1. The number of nitrogens with one attached hydrogen (secondary N) is 2. The van der Waals surface area contributed by atoms with Crippen molar-refractivity contribution in [2.75, 3.05) is 32.7 Å². The molecule has 1 heterocycles. The van der Waals surface area contributed by atoms with Crippen LogP contribution in [0.4, 0.5) is 5.69 Å². The minimum absolute atomic E-state index is 0.00342. The number of benzene rings is 1. The number of nitrogens with zero attached hydrogens (tertiary/aromatic N) is 2. The predicted octanol–water partition coefficient (Wildman–Crippen LogP) is 0.721. The minimum Gasteiger partial charge on any atom is -0.355 e. The second-order valence-electron chi connectivity index (χ2n) is 6.10. The smallest absolute Gasteiger partial charge is 0.269 e.